The fourth-order valence-electron chi connectivity index (χ4n) is 1.69. The fraction of sp³-hybridized carbons (Fsp3) is 0.188. The van der Waals surface area contributed by atoms with Crippen LogP contribution in [0.3, 0.4) is 0 Å². The van der Waals surface area contributed by atoms with Gasteiger partial charge in [0.2, 0.25) is 0 Å². The van der Waals surface area contributed by atoms with Gasteiger partial charge in [-0.1, -0.05) is 24.6 Å². The summed E-state index contributed by atoms with van der Waals surface area (Å²) < 4.78 is 5.53. The van der Waals surface area contributed by atoms with E-state index in [1.807, 2.05) is 31.2 Å². The van der Waals surface area contributed by atoms with Crippen LogP contribution in [0.4, 0.5) is 5.69 Å². The summed E-state index contributed by atoms with van der Waals surface area (Å²) in [6.07, 6.45) is 0.946. The van der Waals surface area contributed by atoms with E-state index >= 15 is 0 Å². The van der Waals surface area contributed by atoms with Gasteiger partial charge in [0.1, 0.15) is 5.75 Å². The highest BCUT2D eigenvalue weighted by molar-refractivity contribution is 6.30. The molecular weight excluding hydrogens is 274 g/mol. The number of hydrogen-bond acceptors (Lipinski definition) is 2. The molecule has 104 valence electrons. The van der Waals surface area contributed by atoms with Gasteiger partial charge in [-0.3, -0.25) is 4.79 Å². The molecule has 0 aromatic heterocycles. The van der Waals surface area contributed by atoms with Crippen molar-refractivity contribution in [3.63, 3.8) is 0 Å². The molecule has 0 aliphatic heterocycles. The Bertz CT molecular complexity index is 581. The van der Waals surface area contributed by atoms with Crippen molar-refractivity contribution in [1.82, 2.24) is 0 Å². The molecule has 0 saturated heterocycles. The highest BCUT2D eigenvalue weighted by Crippen LogP contribution is 2.18. The summed E-state index contributed by atoms with van der Waals surface area (Å²) in [4.78, 5) is 12.1. The van der Waals surface area contributed by atoms with E-state index in [1.54, 1.807) is 24.3 Å². The van der Waals surface area contributed by atoms with Gasteiger partial charge in [0.05, 0.1) is 6.61 Å². The van der Waals surface area contributed by atoms with Crippen LogP contribution in [0.15, 0.2) is 48.5 Å². The first-order chi connectivity index (χ1) is 9.69. The van der Waals surface area contributed by atoms with Gasteiger partial charge in [-0.15, -0.1) is 0 Å². The maximum atomic E-state index is 12.1. The molecule has 1 amide bonds. The smallest absolute Gasteiger partial charge is 0.255 e. The molecule has 1 N–H and O–H groups in total. The molecule has 0 radical (unpaired) electrons. The van der Waals surface area contributed by atoms with E-state index in [-0.39, 0.29) is 5.91 Å². The van der Waals surface area contributed by atoms with Crippen molar-refractivity contribution in [1.29, 1.82) is 0 Å². The first-order valence-corrected chi connectivity index (χ1v) is 6.86. The zero-order valence-electron chi connectivity index (χ0n) is 11.2. The molecule has 2 rings (SSSR count). The van der Waals surface area contributed by atoms with Crippen LogP contribution in [0.25, 0.3) is 0 Å². The molecule has 0 saturated carbocycles. The molecule has 0 bridgehead atoms. The summed E-state index contributed by atoms with van der Waals surface area (Å²) in [5.41, 5.74) is 1.27. The van der Waals surface area contributed by atoms with Crippen LogP contribution in [0.5, 0.6) is 5.75 Å². The third kappa shape index (κ3) is 4.00. The zero-order valence-corrected chi connectivity index (χ0v) is 12.0. The number of carbonyl (C=O) groups excluding carboxylic acids is 1. The van der Waals surface area contributed by atoms with Gasteiger partial charge >= 0.3 is 0 Å². The van der Waals surface area contributed by atoms with Crippen molar-refractivity contribution >= 4 is 23.2 Å². The van der Waals surface area contributed by atoms with Crippen LogP contribution in [0, 0.1) is 0 Å². The lowest BCUT2D eigenvalue weighted by molar-refractivity contribution is 0.102. The van der Waals surface area contributed by atoms with E-state index in [0.29, 0.717) is 22.9 Å². The van der Waals surface area contributed by atoms with Crippen LogP contribution in [0.1, 0.15) is 23.7 Å². The van der Waals surface area contributed by atoms with Crippen molar-refractivity contribution in [3.8, 4) is 5.75 Å². The van der Waals surface area contributed by atoms with Crippen LogP contribution in [-0.4, -0.2) is 12.5 Å². The molecule has 0 unspecified atom stereocenters. The standard InChI is InChI=1S/C16H16ClNO2/c1-2-10-20-15-5-3-4-14(11-15)18-16(19)12-6-8-13(17)9-7-12/h3-9,11H,2,10H2,1H3,(H,18,19). The molecule has 0 fully saturated rings. The van der Waals surface area contributed by atoms with Gasteiger partial charge in [0, 0.05) is 22.3 Å². The average molecular weight is 290 g/mol. The number of carbonyl (C=O) groups is 1. The molecule has 0 aliphatic rings. The number of amides is 1. The Morgan fingerprint density at radius 1 is 1.20 bits per heavy atom. The largest absolute Gasteiger partial charge is 0.494 e. The lowest BCUT2D eigenvalue weighted by Gasteiger charge is -2.08. The summed E-state index contributed by atoms with van der Waals surface area (Å²) in [6.45, 7) is 2.71. The molecule has 0 atom stereocenters. The number of halogens is 1. The lowest BCUT2D eigenvalue weighted by atomic mass is 10.2. The molecule has 3 nitrogen and oxygen atoms in total. The number of rotatable bonds is 5. The molecule has 0 spiro atoms. The third-order valence-electron chi connectivity index (χ3n) is 2.67. The minimum absolute atomic E-state index is 0.172. The second-order valence-corrected chi connectivity index (χ2v) is 4.77. The molecule has 2 aromatic rings. The predicted octanol–water partition coefficient (Wildman–Crippen LogP) is 4.38. The number of benzene rings is 2. The summed E-state index contributed by atoms with van der Waals surface area (Å²) >= 11 is 5.80. The van der Waals surface area contributed by atoms with Crippen molar-refractivity contribution < 1.29 is 9.53 Å². The Kier molecular flexibility index (Phi) is 5.02. The van der Waals surface area contributed by atoms with E-state index in [4.69, 9.17) is 16.3 Å². The van der Waals surface area contributed by atoms with Crippen LogP contribution in [-0.2, 0) is 0 Å². The normalized spacial score (nSPS) is 10.1. The second kappa shape index (κ2) is 6.96. The molecule has 2 aromatic carbocycles. The van der Waals surface area contributed by atoms with E-state index in [0.717, 1.165) is 12.2 Å². The van der Waals surface area contributed by atoms with Gasteiger partial charge < -0.3 is 10.1 Å². The Hall–Kier alpha value is -2.00. The predicted molar refractivity (Wildman–Crippen MR) is 81.6 cm³/mol. The quantitative estimate of drug-likeness (QED) is 0.887. The molecule has 0 heterocycles. The molecular formula is C16H16ClNO2. The molecule has 20 heavy (non-hydrogen) atoms. The topological polar surface area (TPSA) is 38.3 Å². The van der Waals surface area contributed by atoms with Crippen LogP contribution in [0.2, 0.25) is 5.02 Å². The maximum Gasteiger partial charge on any atom is 0.255 e. The second-order valence-electron chi connectivity index (χ2n) is 4.34. The first kappa shape index (κ1) is 14.4. The minimum atomic E-state index is -0.172. The van der Waals surface area contributed by atoms with Gasteiger partial charge in [-0.25, -0.2) is 0 Å². The van der Waals surface area contributed by atoms with Gasteiger partial charge in [0.15, 0.2) is 0 Å². The van der Waals surface area contributed by atoms with Crippen LogP contribution < -0.4 is 10.1 Å². The van der Waals surface area contributed by atoms with Gasteiger partial charge in [-0.2, -0.15) is 0 Å². The van der Waals surface area contributed by atoms with E-state index in [1.165, 1.54) is 0 Å². The third-order valence-corrected chi connectivity index (χ3v) is 2.92. The Morgan fingerprint density at radius 2 is 1.95 bits per heavy atom. The number of ether oxygens (including phenoxy) is 1. The molecule has 4 heteroatoms. The maximum absolute atomic E-state index is 12.1. The van der Waals surface area contributed by atoms with E-state index in [9.17, 15) is 4.79 Å². The zero-order chi connectivity index (χ0) is 14.4. The lowest BCUT2D eigenvalue weighted by Crippen LogP contribution is -2.11. The summed E-state index contributed by atoms with van der Waals surface area (Å²) in [5, 5.41) is 3.44. The Morgan fingerprint density at radius 3 is 2.65 bits per heavy atom. The van der Waals surface area contributed by atoms with Gasteiger partial charge in [0.25, 0.3) is 5.91 Å². The SMILES string of the molecule is CCCOc1cccc(NC(=O)c2ccc(Cl)cc2)c1. The number of anilines is 1. The van der Waals surface area contributed by atoms with Crippen molar-refractivity contribution in [3.05, 3.63) is 59.1 Å². The fourth-order valence-corrected chi connectivity index (χ4v) is 1.81. The number of nitrogens with one attached hydrogen (secondary N) is 1. The van der Waals surface area contributed by atoms with E-state index in [2.05, 4.69) is 5.32 Å². The highest BCUT2D eigenvalue weighted by atomic mass is 35.5. The van der Waals surface area contributed by atoms with Crippen LogP contribution >= 0.6 is 11.6 Å². The van der Waals surface area contributed by atoms with E-state index < -0.39 is 0 Å². The first-order valence-electron chi connectivity index (χ1n) is 6.49. The molecule has 0 aliphatic carbocycles. The van der Waals surface area contributed by atoms with Crippen molar-refractivity contribution in [2.45, 2.75) is 13.3 Å². The van der Waals surface area contributed by atoms with Crippen molar-refractivity contribution in [2.24, 2.45) is 0 Å². The summed E-state index contributed by atoms with van der Waals surface area (Å²) in [5.74, 6) is 0.579. The number of hydrogen-bond donors (Lipinski definition) is 1. The summed E-state index contributed by atoms with van der Waals surface area (Å²) in [7, 11) is 0. The Balaban J connectivity index is 2.05. The summed E-state index contributed by atoms with van der Waals surface area (Å²) in [6, 6.07) is 14.1. The monoisotopic (exact) mass is 289 g/mol. The van der Waals surface area contributed by atoms with Crippen molar-refractivity contribution in [2.75, 3.05) is 11.9 Å². The van der Waals surface area contributed by atoms with Gasteiger partial charge in [-0.05, 0) is 42.8 Å². The minimum Gasteiger partial charge on any atom is -0.494 e. The Labute approximate surface area is 123 Å². The highest BCUT2D eigenvalue weighted by Gasteiger charge is 2.06. The average Bonchev–Trinajstić information content (AvgIpc) is 2.46.